The Morgan fingerprint density at radius 1 is 1.11 bits per heavy atom. The number of hydrogen-bond acceptors (Lipinski definition) is 6. The second-order valence-corrected chi connectivity index (χ2v) is 4.17. The molecule has 0 saturated carbocycles. The van der Waals surface area contributed by atoms with E-state index >= 15 is 0 Å². The molecule has 0 spiro atoms. The maximum Gasteiger partial charge on any atom is 0.550 e. The quantitative estimate of drug-likeness (QED) is 0.339. The van der Waals surface area contributed by atoms with Gasteiger partial charge in [0.2, 0.25) is 0 Å². The summed E-state index contributed by atoms with van der Waals surface area (Å²) < 4.78 is 13.0. The van der Waals surface area contributed by atoms with Crippen molar-refractivity contribution in [1.29, 1.82) is 0 Å². The van der Waals surface area contributed by atoms with Crippen molar-refractivity contribution in [1.82, 2.24) is 0 Å². The molecule has 0 aromatic rings. The van der Waals surface area contributed by atoms with Crippen molar-refractivity contribution in [3.63, 3.8) is 0 Å². The standard InChI is InChI=1S/C2H11N3O3Si/c1-2-9(6-3,7-4)8-5/h2-5H2,1H3. The highest BCUT2D eigenvalue weighted by Crippen LogP contribution is 2.06. The first-order valence-corrected chi connectivity index (χ1v) is 4.31. The maximum atomic E-state index is 4.79. The Bertz CT molecular complexity index is 59.9. The third-order valence-corrected chi connectivity index (χ3v) is 2.92. The predicted molar refractivity (Wildman–Crippen MR) is 32.1 cm³/mol. The van der Waals surface area contributed by atoms with Gasteiger partial charge >= 0.3 is 8.80 Å². The average molecular weight is 153 g/mol. The molecule has 9 heavy (non-hydrogen) atoms. The summed E-state index contributed by atoms with van der Waals surface area (Å²) >= 11 is 0. The molecule has 0 amide bonds. The van der Waals surface area contributed by atoms with Gasteiger partial charge in [-0.2, -0.15) is 0 Å². The van der Waals surface area contributed by atoms with Gasteiger partial charge in [-0.25, -0.2) is 17.7 Å². The lowest BCUT2D eigenvalue weighted by Gasteiger charge is -2.19. The van der Waals surface area contributed by atoms with Crippen LogP contribution in [0.1, 0.15) is 6.92 Å². The molecule has 0 heterocycles. The average Bonchev–Trinajstić information content (AvgIpc) is 1.95. The van der Waals surface area contributed by atoms with Crippen molar-refractivity contribution >= 4 is 8.80 Å². The molecular weight excluding hydrogens is 142 g/mol. The van der Waals surface area contributed by atoms with Crippen molar-refractivity contribution in [2.24, 2.45) is 17.7 Å². The molecule has 0 unspecified atom stereocenters. The smallest absolute Gasteiger partial charge is 0.289 e. The molecule has 0 aliphatic rings. The molecule has 0 atom stereocenters. The molecule has 7 heteroatoms. The van der Waals surface area contributed by atoms with E-state index in [1.807, 2.05) is 0 Å². The largest absolute Gasteiger partial charge is 0.550 e. The number of rotatable bonds is 4. The van der Waals surface area contributed by atoms with E-state index in [1.54, 1.807) is 6.92 Å². The van der Waals surface area contributed by atoms with Crippen LogP contribution in [0.25, 0.3) is 0 Å². The highest BCUT2D eigenvalue weighted by atomic mass is 28.4. The third-order valence-electron chi connectivity index (χ3n) is 0.972. The minimum atomic E-state index is -2.86. The molecule has 6 nitrogen and oxygen atoms in total. The van der Waals surface area contributed by atoms with Crippen LogP contribution in [0.5, 0.6) is 0 Å². The molecule has 0 saturated heterocycles. The lowest BCUT2D eigenvalue weighted by molar-refractivity contribution is 0.0601. The van der Waals surface area contributed by atoms with Gasteiger partial charge in [0.05, 0.1) is 0 Å². The topological polar surface area (TPSA) is 106 Å². The van der Waals surface area contributed by atoms with Gasteiger partial charge in [0, 0.05) is 6.04 Å². The van der Waals surface area contributed by atoms with Crippen molar-refractivity contribution in [3.05, 3.63) is 0 Å². The van der Waals surface area contributed by atoms with Crippen LogP contribution in [0, 0.1) is 0 Å². The van der Waals surface area contributed by atoms with Gasteiger partial charge in [-0.05, 0) is 0 Å². The van der Waals surface area contributed by atoms with Crippen LogP contribution in [-0.2, 0) is 13.6 Å². The first-order chi connectivity index (χ1) is 4.24. The van der Waals surface area contributed by atoms with Crippen LogP contribution in [0.3, 0.4) is 0 Å². The maximum absolute atomic E-state index is 4.79. The second-order valence-electron chi connectivity index (χ2n) is 1.39. The van der Waals surface area contributed by atoms with E-state index in [0.29, 0.717) is 6.04 Å². The Hall–Kier alpha value is -0.0231. The second kappa shape index (κ2) is 3.90. The van der Waals surface area contributed by atoms with Crippen molar-refractivity contribution in [2.45, 2.75) is 13.0 Å². The van der Waals surface area contributed by atoms with E-state index in [1.165, 1.54) is 0 Å². The van der Waals surface area contributed by atoms with Gasteiger partial charge in [-0.1, -0.05) is 6.92 Å². The van der Waals surface area contributed by atoms with Gasteiger partial charge in [0.25, 0.3) is 0 Å². The highest BCUT2D eigenvalue weighted by molar-refractivity contribution is 6.60. The van der Waals surface area contributed by atoms with E-state index < -0.39 is 8.80 Å². The Balaban J connectivity index is 3.82. The molecule has 0 aromatic heterocycles. The number of nitrogens with two attached hydrogens (primary N) is 3. The minimum Gasteiger partial charge on any atom is -0.289 e. The normalized spacial score (nSPS) is 12.0. The fourth-order valence-electron chi connectivity index (χ4n) is 0.333. The summed E-state index contributed by atoms with van der Waals surface area (Å²) in [6.45, 7) is 1.75. The molecule has 0 radical (unpaired) electrons. The van der Waals surface area contributed by atoms with Gasteiger partial charge in [0.15, 0.2) is 0 Å². The van der Waals surface area contributed by atoms with Gasteiger partial charge in [-0.3, -0.25) is 13.6 Å². The van der Waals surface area contributed by atoms with Crippen LogP contribution in [-0.4, -0.2) is 8.80 Å². The summed E-state index contributed by atoms with van der Waals surface area (Å²) in [7, 11) is -2.86. The van der Waals surface area contributed by atoms with Crippen LogP contribution < -0.4 is 17.7 Å². The van der Waals surface area contributed by atoms with Crippen molar-refractivity contribution < 1.29 is 13.6 Å². The molecule has 0 bridgehead atoms. The third kappa shape index (κ3) is 1.99. The molecule has 0 fully saturated rings. The summed E-state index contributed by atoms with van der Waals surface area (Å²) in [5.74, 6) is 14.4. The van der Waals surface area contributed by atoms with Crippen molar-refractivity contribution in [2.75, 3.05) is 0 Å². The van der Waals surface area contributed by atoms with Gasteiger partial charge in [0.1, 0.15) is 0 Å². The van der Waals surface area contributed by atoms with Crippen LogP contribution in [0.15, 0.2) is 0 Å². The van der Waals surface area contributed by atoms with E-state index in [0.717, 1.165) is 0 Å². The Morgan fingerprint density at radius 2 is 1.44 bits per heavy atom. The van der Waals surface area contributed by atoms with Gasteiger partial charge in [-0.15, -0.1) is 0 Å². The summed E-state index contributed by atoms with van der Waals surface area (Å²) in [5.41, 5.74) is 0. The Morgan fingerprint density at radius 3 is 1.44 bits per heavy atom. The monoisotopic (exact) mass is 153 g/mol. The summed E-state index contributed by atoms with van der Waals surface area (Å²) in [6.07, 6.45) is 0. The van der Waals surface area contributed by atoms with Crippen LogP contribution in [0.4, 0.5) is 0 Å². The first kappa shape index (κ1) is 8.98. The van der Waals surface area contributed by atoms with E-state index in [4.69, 9.17) is 17.7 Å². The molecular formula is C2H11N3O3Si. The van der Waals surface area contributed by atoms with E-state index in [9.17, 15) is 0 Å². The highest BCUT2D eigenvalue weighted by Gasteiger charge is 2.38. The molecule has 6 N–H and O–H groups in total. The number of hydrogen-bond donors (Lipinski definition) is 3. The van der Waals surface area contributed by atoms with Gasteiger partial charge < -0.3 is 0 Å². The summed E-state index contributed by atoms with van der Waals surface area (Å²) in [5, 5.41) is 0. The zero-order valence-corrected chi connectivity index (χ0v) is 6.16. The van der Waals surface area contributed by atoms with Crippen LogP contribution >= 0.6 is 0 Å². The Kier molecular flexibility index (Phi) is 3.89. The predicted octanol–water partition coefficient (Wildman–Crippen LogP) is -1.38. The summed E-state index contributed by atoms with van der Waals surface area (Å²) in [4.78, 5) is 0. The fraction of sp³-hybridized carbons (Fsp3) is 1.00. The van der Waals surface area contributed by atoms with Crippen molar-refractivity contribution in [3.8, 4) is 0 Å². The molecule has 0 aliphatic carbocycles. The Labute approximate surface area is 54.1 Å². The molecule has 0 aromatic carbocycles. The van der Waals surface area contributed by atoms with E-state index in [-0.39, 0.29) is 0 Å². The minimum absolute atomic E-state index is 0.441. The molecule has 56 valence electrons. The van der Waals surface area contributed by atoms with Crippen LogP contribution in [0.2, 0.25) is 6.04 Å². The SMILES string of the molecule is CC[Si](ON)(ON)ON. The molecule has 0 rings (SSSR count). The lowest BCUT2D eigenvalue weighted by atomic mass is 11.0. The zero-order chi connectivity index (χ0) is 7.33. The summed E-state index contributed by atoms with van der Waals surface area (Å²) in [6, 6.07) is 0.441. The first-order valence-electron chi connectivity index (χ1n) is 2.38. The molecule has 0 aliphatic heterocycles. The van der Waals surface area contributed by atoms with E-state index in [2.05, 4.69) is 13.6 Å². The zero-order valence-electron chi connectivity index (χ0n) is 5.16. The fourth-order valence-corrected chi connectivity index (χ4v) is 1.00. The lowest BCUT2D eigenvalue weighted by Crippen LogP contribution is -2.51.